The molecule has 0 saturated carbocycles. The van der Waals surface area contributed by atoms with E-state index in [0.29, 0.717) is 6.04 Å². The van der Waals surface area contributed by atoms with Crippen LogP contribution in [0.3, 0.4) is 0 Å². The molecule has 0 unspecified atom stereocenters. The summed E-state index contributed by atoms with van der Waals surface area (Å²) in [5.74, 6) is 0.809. The molecule has 2 rings (SSSR count). The zero-order valence-electron chi connectivity index (χ0n) is 9.27. The first-order chi connectivity index (χ1) is 7.20. The summed E-state index contributed by atoms with van der Waals surface area (Å²) < 4.78 is 0. The highest BCUT2D eigenvalue weighted by atomic mass is 15.2. The first kappa shape index (κ1) is 10.2. The van der Waals surface area contributed by atoms with Crippen LogP contribution in [-0.4, -0.2) is 17.5 Å². The van der Waals surface area contributed by atoms with E-state index in [0.717, 1.165) is 18.0 Å². The normalized spacial score (nSPS) is 25.7. The molecule has 0 bridgehead atoms. The van der Waals surface area contributed by atoms with Crippen LogP contribution in [0.15, 0.2) is 24.3 Å². The lowest BCUT2D eigenvalue weighted by molar-refractivity contribution is 0.0306. The molecular formula is C13H16N2. The fraction of sp³-hybridized carbons (Fsp3) is 0.462. The number of nitriles is 1. The maximum absolute atomic E-state index is 8.80. The van der Waals surface area contributed by atoms with Crippen LogP contribution < -0.4 is 0 Å². The highest BCUT2D eigenvalue weighted by molar-refractivity contribution is 5.32. The van der Waals surface area contributed by atoms with Gasteiger partial charge in [0.1, 0.15) is 0 Å². The summed E-state index contributed by atoms with van der Waals surface area (Å²) in [7, 11) is 0. The molecule has 1 aromatic rings. The molecule has 1 fully saturated rings. The van der Waals surface area contributed by atoms with E-state index in [-0.39, 0.29) is 0 Å². The van der Waals surface area contributed by atoms with Gasteiger partial charge in [-0.25, -0.2) is 0 Å². The van der Waals surface area contributed by atoms with Crippen LogP contribution in [0.2, 0.25) is 0 Å². The number of nitrogens with zero attached hydrogens (tertiary/aromatic N) is 2. The summed E-state index contributed by atoms with van der Waals surface area (Å²) in [6.07, 6.45) is 0. The van der Waals surface area contributed by atoms with Crippen molar-refractivity contribution in [2.24, 2.45) is 5.92 Å². The van der Waals surface area contributed by atoms with Crippen molar-refractivity contribution in [2.75, 3.05) is 6.54 Å². The Morgan fingerprint density at radius 1 is 1.47 bits per heavy atom. The highest BCUT2D eigenvalue weighted by Crippen LogP contribution is 2.25. The van der Waals surface area contributed by atoms with Crippen molar-refractivity contribution in [2.45, 2.75) is 26.4 Å². The van der Waals surface area contributed by atoms with E-state index >= 15 is 0 Å². The van der Waals surface area contributed by atoms with Gasteiger partial charge in [-0.15, -0.1) is 0 Å². The quantitative estimate of drug-likeness (QED) is 0.733. The molecule has 1 aliphatic heterocycles. The van der Waals surface area contributed by atoms with Gasteiger partial charge in [0.05, 0.1) is 11.6 Å². The molecule has 0 aliphatic carbocycles. The van der Waals surface area contributed by atoms with Crippen molar-refractivity contribution < 1.29 is 0 Å². The second-order valence-corrected chi connectivity index (χ2v) is 4.46. The van der Waals surface area contributed by atoms with E-state index in [4.69, 9.17) is 5.26 Å². The molecule has 0 spiro atoms. The van der Waals surface area contributed by atoms with E-state index in [1.807, 2.05) is 18.2 Å². The Balaban J connectivity index is 2.03. The summed E-state index contributed by atoms with van der Waals surface area (Å²) in [6, 6.07) is 10.7. The molecule has 78 valence electrons. The molecule has 1 saturated heterocycles. The third kappa shape index (κ3) is 2.03. The molecule has 2 heteroatoms. The molecule has 0 radical (unpaired) electrons. The second-order valence-electron chi connectivity index (χ2n) is 4.46. The van der Waals surface area contributed by atoms with Crippen molar-refractivity contribution in [3.05, 3.63) is 35.4 Å². The first-order valence-electron chi connectivity index (χ1n) is 5.44. The van der Waals surface area contributed by atoms with Crippen molar-refractivity contribution >= 4 is 0 Å². The summed E-state index contributed by atoms with van der Waals surface area (Å²) in [5, 5.41) is 8.80. The predicted molar refractivity (Wildman–Crippen MR) is 60.2 cm³/mol. The van der Waals surface area contributed by atoms with Crippen LogP contribution in [0.25, 0.3) is 0 Å². The zero-order chi connectivity index (χ0) is 10.8. The van der Waals surface area contributed by atoms with E-state index in [9.17, 15) is 0 Å². The molecule has 0 amide bonds. The van der Waals surface area contributed by atoms with Crippen LogP contribution in [0.5, 0.6) is 0 Å². The van der Waals surface area contributed by atoms with Gasteiger partial charge < -0.3 is 0 Å². The molecule has 0 aromatic heterocycles. The number of hydrogen-bond donors (Lipinski definition) is 0. The number of hydrogen-bond acceptors (Lipinski definition) is 2. The van der Waals surface area contributed by atoms with Gasteiger partial charge >= 0.3 is 0 Å². The lowest BCUT2D eigenvalue weighted by Gasteiger charge is -2.45. The average molecular weight is 200 g/mol. The number of benzene rings is 1. The predicted octanol–water partition coefficient (Wildman–Crippen LogP) is 2.40. The Hall–Kier alpha value is -1.33. The average Bonchev–Trinajstić information content (AvgIpc) is 2.28. The maximum atomic E-state index is 8.80. The van der Waals surface area contributed by atoms with Gasteiger partial charge in [-0.05, 0) is 30.5 Å². The third-order valence-electron chi connectivity index (χ3n) is 3.36. The molecule has 2 atom stereocenters. The van der Waals surface area contributed by atoms with Gasteiger partial charge in [-0.1, -0.05) is 19.1 Å². The van der Waals surface area contributed by atoms with Gasteiger partial charge in [-0.2, -0.15) is 5.26 Å². The molecule has 2 nitrogen and oxygen atoms in total. The van der Waals surface area contributed by atoms with Gasteiger partial charge in [0, 0.05) is 19.1 Å². The van der Waals surface area contributed by atoms with Gasteiger partial charge in [-0.3, -0.25) is 4.90 Å². The van der Waals surface area contributed by atoms with Crippen molar-refractivity contribution in [3.8, 4) is 6.07 Å². The minimum atomic E-state index is 0.677. The van der Waals surface area contributed by atoms with Gasteiger partial charge in [0.2, 0.25) is 0 Å². The third-order valence-corrected chi connectivity index (χ3v) is 3.36. The SMILES string of the molecule is C[C@@H]1CN(Cc2cccc(C#N)c2)[C@H]1C. The van der Waals surface area contributed by atoms with E-state index in [1.54, 1.807) is 0 Å². The molecule has 15 heavy (non-hydrogen) atoms. The molecule has 1 heterocycles. The van der Waals surface area contributed by atoms with Crippen LogP contribution in [-0.2, 0) is 6.54 Å². The molecule has 1 aromatic carbocycles. The lowest BCUT2D eigenvalue weighted by atomic mass is 9.91. The Labute approximate surface area is 91.1 Å². The lowest BCUT2D eigenvalue weighted by Crippen LogP contribution is -2.52. The van der Waals surface area contributed by atoms with E-state index in [2.05, 4.69) is 30.9 Å². The van der Waals surface area contributed by atoms with Crippen molar-refractivity contribution in [1.29, 1.82) is 5.26 Å². The summed E-state index contributed by atoms with van der Waals surface area (Å²) in [6.45, 7) is 6.70. The summed E-state index contributed by atoms with van der Waals surface area (Å²) in [5.41, 5.74) is 2.00. The summed E-state index contributed by atoms with van der Waals surface area (Å²) >= 11 is 0. The van der Waals surface area contributed by atoms with Crippen LogP contribution in [0.4, 0.5) is 0 Å². The highest BCUT2D eigenvalue weighted by Gasteiger charge is 2.31. The standard InChI is InChI=1S/C13H16N2/c1-10-8-15(11(10)2)9-13-5-3-4-12(6-13)7-14/h3-6,10-11H,8-9H2,1-2H3/t10-,11+/m1/s1. The van der Waals surface area contributed by atoms with E-state index < -0.39 is 0 Å². The molecular weight excluding hydrogens is 184 g/mol. The Morgan fingerprint density at radius 3 is 2.87 bits per heavy atom. The molecule has 1 aliphatic rings. The van der Waals surface area contributed by atoms with Crippen LogP contribution >= 0.6 is 0 Å². The zero-order valence-corrected chi connectivity index (χ0v) is 9.27. The molecule has 0 N–H and O–H groups in total. The number of rotatable bonds is 2. The van der Waals surface area contributed by atoms with Crippen LogP contribution in [0.1, 0.15) is 25.0 Å². The Morgan fingerprint density at radius 2 is 2.27 bits per heavy atom. The van der Waals surface area contributed by atoms with Gasteiger partial charge in [0.15, 0.2) is 0 Å². The van der Waals surface area contributed by atoms with Crippen molar-refractivity contribution in [3.63, 3.8) is 0 Å². The topological polar surface area (TPSA) is 27.0 Å². The number of likely N-dealkylation sites (tertiary alicyclic amines) is 1. The Kier molecular flexibility index (Phi) is 2.75. The Bertz CT molecular complexity index is 392. The second kappa shape index (κ2) is 4.04. The smallest absolute Gasteiger partial charge is 0.0991 e. The van der Waals surface area contributed by atoms with Crippen molar-refractivity contribution in [1.82, 2.24) is 4.90 Å². The first-order valence-corrected chi connectivity index (χ1v) is 5.44. The fourth-order valence-electron chi connectivity index (χ4n) is 2.09. The minimum absolute atomic E-state index is 0.677. The van der Waals surface area contributed by atoms with Gasteiger partial charge in [0.25, 0.3) is 0 Å². The maximum Gasteiger partial charge on any atom is 0.0991 e. The summed E-state index contributed by atoms with van der Waals surface area (Å²) in [4.78, 5) is 2.45. The largest absolute Gasteiger partial charge is 0.296 e. The fourth-order valence-corrected chi connectivity index (χ4v) is 2.09. The monoisotopic (exact) mass is 200 g/mol. The van der Waals surface area contributed by atoms with E-state index in [1.165, 1.54) is 12.1 Å². The van der Waals surface area contributed by atoms with Crippen LogP contribution in [0, 0.1) is 17.2 Å². The minimum Gasteiger partial charge on any atom is -0.296 e.